The van der Waals surface area contributed by atoms with Crippen molar-refractivity contribution in [1.82, 2.24) is 26.0 Å². The van der Waals surface area contributed by atoms with Crippen LogP contribution < -0.4 is 16.0 Å². The highest BCUT2D eigenvalue weighted by Crippen LogP contribution is 2.34. The first-order valence-electron chi connectivity index (χ1n) is 9.55. The van der Waals surface area contributed by atoms with Crippen molar-refractivity contribution in [3.63, 3.8) is 0 Å². The van der Waals surface area contributed by atoms with Crippen LogP contribution in [0.3, 0.4) is 0 Å². The zero-order valence-electron chi connectivity index (χ0n) is 16.9. The van der Waals surface area contributed by atoms with Crippen molar-refractivity contribution >= 4 is 18.1 Å². The first kappa shape index (κ1) is 21.6. The number of aromatic nitrogens is 3. The molecule has 3 rings (SSSR count). The molecule has 2 unspecified atom stereocenters. The van der Waals surface area contributed by atoms with Crippen LogP contribution in [0.4, 0.5) is 5.82 Å². The number of carbonyl (C=O) groups excluding carboxylic acids is 2. The molecular weight excluding hydrogens is 360 g/mol. The fourth-order valence-corrected chi connectivity index (χ4v) is 3.12. The molecule has 0 aliphatic heterocycles. The van der Waals surface area contributed by atoms with Crippen LogP contribution in [0.15, 0.2) is 16.7 Å². The van der Waals surface area contributed by atoms with Crippen molar-refractivity contribution in [2.45, 2.75) is 64.5 Å². The first-order valence-corrected chi connectivity index (χ1v) is 9.55. The normalized spacial score (nSPS) is 18.5. The number of amides is 2. The number of hydrogen-bond acceptors (Lipinski definition) is 6. The van der Waals surface area contributed by atoms with Gasteiger partial charge in [-0.2, -0.15) is 5.10 Å². The molecule has 1 aliphatic carbocycles. The van der Waals surface area contributed by atoms with Crippen LogP contribution in [0.2, 0.25) is 0 Å². The van der Waals surface area contributed by atoms with Gasteiger partial charge in [0, 0.05) is 35.8 Å². The summed E-state index contributed by atoms with van der Waals surface area (Å²) in [4.78, 5) is 21.5. The minimum absolute atomic E-state index is 0.159. The lowest BCUT2D eigenvalue weighted by molar-refractivity contribution is -0.116. The quantitative estimate of drug-likeness (QED) is 0.535. The standard InChI is InChI=1S/C15H21N5O2.C4H9NO/c1-9-5-12(22-20-9)7-15(21)17-14-8-13(18-19-14)10-3-4-11(6-10)16-2;1-4(2)5-3-6/h5,8,10-11,16H,3-4,6-7H2,1-2H3,(H2,17,18,19,21);3-4H,1-2H3,(H,5,6). The van der Waals surface area contributed by atoms with E-state index < -0.39 is 0 Å². The number of aromatic amines is 1. The second kappa shape index (κ2) is 10.6. The Morgan fingerprint density at radius 2 is 2.18 bits per heavy atom. The van der Waals surface area contributed by atoms with E-state index in [0.717, 1.165) is 24.2 Å². The molecule has 154 valence electrons. The maximum absolute atomic E-state index is 12.0. The van der Waals surface area contributed by atoms with Gasteiger partial charge in [0.2, 0.25) is 12.3 Å². The van der Waals surface area contributed by atoms with E-state index in [9.17, 15) is 9.59 Å². The van der Waals surface area contributed by atoms with Gasteiger partial charge in [-0.05, 0) is 47.1 Å². The maximum atomic E-state index is 12.0. The molecule has 4 N–H and O–H groups in total. The summed E-state index contributed by atoms with van der Waals surface area (Å²) in [5, 5.41) is 19.6. The number of nitrogens with zero attached hydrogens (tertiary/aromatic N) is 2. The first-order chi connectivity index (χ1) is 13.4. The minimum Gasteiger partial charge on any atom is -0.361 e. The molecule has 9 heteroatoms. The molecule has 2 atom stereocenters. The molecule has 1 aliphatic rings. The number of rotatable bonds is 7. The lowest BCUT2D eigenvalue weighted by Crippen LogP contribution is -2.21. The highest BCUT2D eigenvalue weighted by atomic mass is 16.5. The number of hydrogen-bond donors (Lipinski definition) is 4. The number of anilines is 1. The van der Waals surface area contributed by atoms with Gasteiger partial charge >= 0.3 is 0 Å². The van der Waals surface area contributed by atoms with Crippen LogP contribution in [0.25, 0.3) is 0 Å². The Kier molecular flexibility index (Phi) is 8.19. The number of H-pyrrole nitrogens is 1. The van der Waals surface area contributed by atoms with Gasteiger partial charge in [0.25, 0.3) is 0 Å². The molecule has 0 bridgehead atoms. The third kappa shape index (κ3) is 6.80. The number of carbonyl (C=O) groups is 2. The van der Waals surface area contributed by atoms with Gasteiger partial charge in [-0.1, -0.05) is 5.16 Å². The second-order valence-electron chi connectivity index (χ2n) is 7.30. The molecule has 0 spiro atoms. The molecule has 2 heterocycles. The molecule has 0 saturated heterocycles. The molecule has 28 heavy (non-hydrogen) atoms. The van der Waals surface area contributed by atoms with Crippen LogP contribution in [0.5, 0.6) is 0 Å². The summed E-state index contributed by atoms with van der Waals surface area (Å²) in [5.74, 6) is 1.43. The monoisotopic (exact) mass is 390 g/mol. The Bertz CT molecular complexity index is 754. The van der Waals surface area contributed by atoms with E-state index in [2.05, 4.69) is 31.3 Å². The Morgan fingerprint density at radius 3 is 2.71 bits per heavy atom. The van der Waals surface area contributed by atoms with E-state index in [-0.39, 0.29) is 18.4 Å². The molecule has 2 aromatic rings. The fraction of sp³-hybridized carbons (Fsp3) is 0.579. The lowest BCUT2D eigenvalue weighted by Gasteiger charge is -2.08. The smallest absolute Gasteiger partial charge is 0.233 e. The highest BCUT2D eigenvalue weighted by molar-refractivity contribution is 5.91. The topological polar surface area (TPSA) is 125 Å². The van der Waals surface area contributed by atoms with E-state index in [4.69, 9.17) is 4.52 Å². The van der Waals surface area contributed by atoms with E-state index in [0.29, 0.717) is 29.9 Å². The zero-order valence-corrected chi connectivity index (χ0v) is 16.9. The summed E-state index contributed by atoms with van der Waals surface area (Å²) in [7, 11) is 2.00. The van der Waals surface area contributed by atoms with Crippen molar-refractivity contribution in [2.75, 3.05) is 12.4 Å². The number of aryl methyl sites for hydroxylation is 1. The number of nitrogens with one attached hydrogen (secondary N) is 4. The summed E-state index contributed by atoms with van der Waals surface area (Å²) < 4.78 is 5.04. The Hall–Kier alpha value is -2.68. The van der Waals surface area contributed by atoms with Gasteiger partial charge in [0.15, 0.2) is 5.82 Å². The summed E-state index contributed by atoms with van der Waals surface area (Å²) >= 11 is 0. The van der Waals surface area contributed by atoms with Gasteiger partial charge < -0.3 is 20.5 Å². The molecule has 0 aromatic carbocycles. The predicted octanol–water partition coefficient (Wildman–Crippen LogP) is 1.88. The van der Waals surface area contributed by atoms with Gasteiger partial charge in [0.05, 0.1) is 12.1 Å². The Morgan fingerprint density at radius 1 is 1.39 bits per heavy atom. The molecule has 2 amide bonds. The minimum atomic E-state index is -0.159. The third-order valence-electron chi connectivity index (χ3n) is 4.56. The van der Waals surface area contributed by atoms with Crippen molar-refractivity contribution in [3.8, 4) is 0 Å². The van der Waals surface area contributed by atoms with E-state index >= 15 is 0 Å². The summed E-state index contributed by atoms with van der Waals surface area (Å²) in [5.41, 5.74) is 1.86. The van der Waals surface area contributed by atoms with Gasteiger partial charge in [-0.25, -0.2) is 0 Å². The van der Waals surface area contributed by atoms with E-state index in [1.54, 1.807) is 6.07 Å². The maximum Gasteiger partial charge on any atom is 0.233 e. The van der Waals surface area contributed by atoms with Crippen LogP contribution in [0.1, 0.15) is 56.2 Å². The molecule has 1 saturated carbocycles. The average Bonchev–Trinajstić information content (AvgIpc) is 3.36. The summed E-state index contributed by atoms with van der Waals surface area (Å²) in [6, 6.07) is 4.53. The molecule has 2 aromatic heterocycles. The van der Waals surface area contributed by atoms with Crippen LogP contribution >= 0.6 is 0 Å². The Balaban J connectivity index is 0.000000409. The van der Waals surface area contributed by atoms with Crippen LogP contribution in [0, 0.1) is 6.92 Å². The third-order valence-corrected chi connectivity index (χ3v) is 4.56. The highest BCUT2D eigenvalue weighted by Gasteiger charge is 2.26. The second-order valence-corrected chi connectivity index (χ2v) is 7.30. The van der Waals surface area contributed by atoms with Crippen LogP contribution in [-0.2, 0) is 16.0 Å². The van der Waals surface area contributed by atoms with Crippen molar-refractivity contribution < 1.29 is 14.1 Å². The largest absolute Gasteiger partial charge is 0.361 e. The van der Waals surface area contributed by atoms with Gasteiger partial charge in [0.1, 0.15) is 5.76 Å². The van der Waals surface area contributed by atoms with E-state index in [1.807, 2.05) is 33.9 Å². The van der Waals surface area contributed by atoms with Crippen LogP contribution in [-0.4, -0.2) is 46.8 Å². The molecule has 1 fully saturated rings. The predicted molar refractivity (Wildman–Crippen MR) is 106 cm³/mol. The average molecular weight is 390 g/mol. The fourth-order valence-electron chi connectivity index (χ4n) is 3.12. The van der Waals surface area contributed by atoms with Crippen molar-refractivity contribution in [3.05, 3.63) is 29.3 Å². The van der Waals surface area contributed by atoms with E-state index in [1.165, 1.54) is 6.42 Å². The lowest BCUT2D eigenvalue weighted by atomic mass is 10.0. The summed E-state index contributed by atoms with van der Waals surface area (Å²) in [6.45, 7) is 5.65. The van der Waals surface area contributed by atoms with Crippen molar-refractivity contribution in [1.29, 1.82) is 0 Å². The SMILES string of the molecule is CC(C)NC=O.CNC1CCC(c2cc(NC(=O)Cc3cc(C)no3)n[nH]2)C1. The Labute approximate surface area is 165 Å². The van der Waals surface area contributed by atoms with Gasteiger partial charge in [-0.3, -0.25) is 14.7 Å². The molecule has 9 nitrogen and oxygen atoms in total. The molecular formula is C19H30N6O3. The zero-order chi connectivity index (χ0) is 20.5. The molecule has 0 radical (unpaired) electrons. The van der Waals surface area contributed by atoms with Gasteiger partial charge in [-0.15, -0.1) is 0 Å². The van der Waals surface area contributed by atoms with Crippen molar-refractivity contribution in [2.24, 2.45) is 0 Å². The summed E-state index contributed by atoms with van der Waals surface area (Å²) in [6.07, 6.45) is 4.27.